The quantitative estimate of drug-likeness (QED) is 0.870. The first-order chi connectivity index (χ1) is 8.25. The van der Waals surface area contributed by atoms with Gasteiger partial charge >= 0.3 is 0 Å². The Balaban J connectivity index is 1.68. The Morgan fingerprint density at radius 3 is 3.12 bits per heavy atom. The molecule has 1 N–H and O–H groups in total. The number of nitrogens with one attached hydrogen (secondary N) is 1. The van der Waals surface area contributed by atoms with Crippen LogP contribution < -0.4 is 5.32 Å². The van der Waals surface area contributed by atoms with Gasteiger partial charge in [-0.25, -0.2) is 0 Å². The highest BCUT2D eigenvalue weighted by Crippen LogP contribution is 2.20. The third-order valence-electron chi connectivity index (χ3n) is 3.49. The molecule has 0 spiro atoms. The van der Waals surface area contributed by atoms with E-state index in [1.165, 1.54) is 12.0 Å². The minimum atomic E-state index is 0.447. The van der Waals surface area contributed by atoms with Crippen LogP contribution in [0.5, 0.6) is 0 Å². The SMILES string of the molecule is CC(C)C1CC(NCCc2ccsc2)CCO1. The highest BCUT2D eigenvalue weighted by atomic mass is 32.1. The van der Waals surface area contributed by atoms with Crippen LogP contribution in [0.25, 0.3) is 0 Å². The van der Waals surface area contributed by atoms with Crippen molar-refractivity contribution < 1.29 is 4.74 Å². The number of hydrogen-bond acceptors (Lipinski definition) is 3. The van der Waals surface area contributed by atoms with Crippen molar-refractivity contribution in [2.45, 2.75) is 45.3 Å². The van der Waals surface area contributed by atoms with Gasteiger partial charge in [0, 0.05) is 12.6 Å². The number of rotatable bonds is 5. The summed E-state index contributed by atoms with van der Waals surface area (Å²) < 4.78 is 5.78. The van der Waals surface area contributed by atoms with E-state index in [-0.39, 0.29) is 0 Å². The Bertz CT molecular complexity index is 310. The van der Waals surface area contributed by atoms with Crippen LogP contribution in [0.15, 0.2) is 16.8 Å². The monoisotopic (exact) mass is 253 g/mol. The molecule has 1 fully saturated rings. The van der Waals surface area contributed by atoms with Gasteiger partial charge in [0.25, 0.3) is 0 Å². The van der Waals surface area contributed by atoms with Crippen LogP contribution in [0.4, 0.5) is 0 Å². The van der Waals surface area contributed by atoms with E-state index in [9.17, 15) is 0 Å². The van der Waals surface area contributed by atoms with Crippen LogP contribution in [0.3, 0.4) is 0 Å². The summed E-state index contributed by atoms with van der Waals surface area (Å²) in [6, 6.07) is 2.86. The fourth-order valence-electron chi connectivity index (χ4n) is 2.33. The van der Waals surface area contributed by atoms with Crippen molar-refractivity contribution in [1.29, 1.82) is 0 Å². The van der Waals surface area contributed by atoms with Crippen molar-refractivity contribution >= 4 is 11.3 Å². The number of hydrogen-bond donors (Lipinski definition) is 1. The third kappa shape index (κ3) is 4.09. The van der Waals surface area contributed by atoms with Crippen molar-refractivity contribution in [2.24, 2.45) is 5.92 Å². The molecule has 0 bridgehead atoms. The molecule has 1 aliphatic rings. The van der Waals surface area contributed by atoms with E-state index >= 15 is 0 Å². The molecule has 2 rings (SSSR count). The van der Waals surface area contributed by atoms with Crippen LogP contribution in [0, 0.1) is 5.92 Å². The van der Waals surface area contributed by atoms with Gasteiger partial charge in [0.2, 0.25) is 0 Å². The van der Waals surface area contributed by atoms with E-state index < -0.39 is 0 Å². The van der Waals surface area contributed by atoms with Crippen molar-refractivity contribution in [3.8, 4) is 0 Å². The van der Waals surface area contributed by atoms with Gasteiger partial charge in [-0.05, 0) is 54.1 Å². The van der Waals surface area contributed by atoms with Crippen molar-refractivity contribution in [3.63, 3.8) is 0 Å². The molecule has 0 saturated carbocycles. The standard InChI is InChI=1S/C14H23NOS/c1-11(2)14-9-13(4-7-16-14)15-6-3-12-5-8-17-10-12/h5,8,10-11,13-15H,3-4,6-7,9H2,1-2H3. The average molecular weight is 253 g/mol. The maximum absolute atomic E-state index is 5.78. The Labute approximate surface area is 108 Å². The molecule has 2 heterocycles. The van der Waals surface area contributed by atoms with Gasteiger partial charge in [-0.2, -0.15) is 11.3 Å². The lowest BCUT2D eigenvalue weighted by molar-refractivity contribution is -0.0241. The topological polar surface area (TPSA) is 21.3 Å². The second-order valence-corrected chi connectivity index (χ2v) is 5.99. The molecular formula is C14H23NOS. The molecule has 96 valence electrons. The lowest BCUT2D eigenvalue weighted by Gasteiger charge is -2.32. The molecule has 3 heteroatoms. The Morgan fingerprint density at radius 1 is 1.53 bits per heavy atom. The molecule has 1 aromatic rings. The van der Waals surface area contributed by atoms with Crippen LogP contribution in [0.1, 0.15) is 32.3 Å². The summed E-state index contributed by atoms with van der Waals surface area (Å²) in [5, 5.41) is 8.06. The van der Waals surface area contributed by atoms with Crippen LogP contribution in [-0.2, 0) is 11.2 Å². The molecule has 2 nitrogen and oxygen atoms in total. The second kappa shape index (κ2) is 6.53. The Hall–Kier alpha value is -0.380. The molecule has 1 aliphatic heterocycles. The zero-order valence-electron chi connectivity index (χ0n) is 10.8. The third-order valence-corrected chi connectivity index (χ3v) is 4.22. The molecule has 0 radical (unpaired) electrons. The summed E-state index contributed by atoms with van der Waals surface area (Å²) in [6.07, 6.45) is 3.92. The smallest absolute Gasteiger partial charge is 0.0612 e. The molecule has 1 aromatic heterocycles. The van der Waals surface area contributed by atoms with Crippen LogP contribution >= 0.6 is 11.3 Å². The maximum atomic E-state index is 5.78. The molecule has 0 amide bonds. The summed E-state index contributed by atoms with van der Waals surface area (Å²) >= 11 is 1.78. The highest BCUT2D eigenvalue weighted by molar-refractivity contribution is 7.07. The number of thiophene rings is 1. The molecule has 0 aliphatic carbocycles. The summed E-state index contributed by atoms with van der Waals surface area (Å²) in [6.45, 7) is 6.50. The normalized spacial score (nSPS) is 25.4. The lowest BCUT2D eigenvalue weighted by atomic mass is 9.95. The first-order valence-electron chi connectivity index (χ1n) is 6.62. The zero-order chi connectivity index (χ0) is 12.1. The van der Waals surface area contributed by atoms with E-state index in [0.29, 0.717) is 18.1 Å². The highest BCUT2D eigenvalue weighted by Gasteiger charge is 2.24. The molecule has 2 atom stereocenters. The van der Waals surface area contributed by atoms with E-state index in [2.05, 4.69) is 36.0 Å². The number of ether oxygens (including phenoxy) is 1. The van der Waals surface area contributed by atoms with E-state index in [4.69, 9.17) is 4.74 Å². The Morgan fingerprint density at radius 2 is 2.41 bits per heavy atom. The fraction of sp³-hybridized carbons (Fsp3) is 0.714. The van der Waals surface area contributed by atoms with E-state index in [1.54, 1.807) is 11.3 Å². The summed E-state index contributed by atoms with van der Waals surface area (Å²) in [7, 11) is 0. The van der Waals surface area contributed by atoms with Gasteiger partial charge in [-0.3, -0.25) is 0 Å². The van der Waals surface area contributed by atoms with E-state index in [0.717, 1.165) is 26.0 Å². The molecule has 17 heavy (non-hydrogen) atoms. The predicted molar refractivity (Wildman–Crippen MR) is 73.6 cm³/mol. The molecule has 2 unspecified atom stereocenters. The van der Waals surface area contributed by atoms with Crippen molar-refractivity contribution in [3.05, 3.63) is 22.4 Å². The summed E-state index contributed by atoms with van der Waals surface area (Å²) in [5.41, 5.74) is 1.45. The van der Waals surface area contributed by atoms with Crippen molar-refractivity contribution in [1.82, 2.24) is 5.32 Å². The van der Waals surface area contributed by atoms with Crippen LogP contribution in [-0.4, -0.2) is 25.3 Å². The molecule has 0 aromatic carbocycles. The minimum Gasteiger partial charge on any atom is -0.378 e. The summed E-state index contributed by atoms with van der Waals surface area (Å²) in [5.74, 6) is 0.636. The van der Waals surface area contributed by atoms with Gasteiger partial charge < -0.3 is 10.1 Å². The zero-order valence-corrected chi connectivity index (χ0v) is 11.6. The van der Waals surface area contributed by atoms with Crippen LogP contribution in [0.2, 0.25) is 0 Å². The van der Waals surface area contributed by atoms with E-state index in [1.807, 2.05) is 0 Å². The van der Waals surface area contributed by atoms with Gasteiger partial charge in [-0.15, -0.1) is 0 Å². The second-order valence-electron chi connectivity index (χ2n) is 5.21. The minimum absolute atomic E-state index is 0.447. The first kappa shape index (κ1) is 13.1. The largest absolute Gasteiger partial charge is 0.378 e. The van der Waals surface area contributed by atoms with Gasteiger partial charge in [0.15, 0.2) is 0 Å². The van der Waals surface area contributed by atoms with Gasteiger partial charge in [0.1, 0.15) is 0 Å². The van der Waals surface area contributed by atoms with Gasteiger partial charge in [0.05, 0.1) is 6.10 Å². The van der Waals surface area contributed by atoms with Crippen molar-refractivity contribution in [2.75, 3.05) is 13.2 Å². The first-order valence-corrected chi connectivity index (χ1v) is 7.56. The van der Waals surface area contributed by atoms with Gasteiger partial charge in [-0.1, -0.05) is 13.8 Å². The predicted octanol–water partition coefficient (Wildman–Crippen LogP) is 3.08. The molecule has 1 saturated heterocycles. The average Bonchev–Trinajstić information content (AvgIpc) is 2.82. The summed E-state index contributed by atoms with van der Waals surface area (Å²) in [4.78, 5) is 0. The fourth-order valence-corrected chi connectivity index (χ4v) is 3.04. The molecular weight excluding hydrogens is 230 g/mol. The maximum Gasteiger partial charge on any atom is 0.0612 e. The lowest BCUT2D eigenvalue weighted by Crippen LogP contribution is -2.41. The Kier molecular flexibility index (Phi) is 5.01.